The van der Waals surface area contributed by atoms with Gasteiger partial charge in [-0.15, -0.1) is 0 Å². The summed E-state index contributed by atoms with van der Waals surface area (Å²) in [5.41, 5.74) is 6.44. The third-order valence-corrected chi connectivity index (χ3v) is 5.78. The fraction of sp³-hybridized carbons (Fsp3) is 1.00. The van der Waals surface area contributed by atoms with E-state index in [1.807, 2.05) is 0 Å². The summed E-state index contributed by atoms with van der Waals surface area (Å²) in [7, 11) is 2.26. The Balaban J connectivity index is 1.77. The Labute approximate surface area is 131 Å². The second-order valence-corrected chi connectivity index (χ2v) is 7.45. The first kappa shape index (κ1) is 17.2. The molecule has 3 nitrogen and oxygen atoms in total. The molecule has 2 unspecified atom stereocenters. The molecule has 0 saturated heterocycles. The van der Waals surface area contributed by atoms with Crippen LogP contribution in [-0.4, -0.2) is 43.8 Å². The fourth-order valence-electron chi connectivity index (χ4n) is 3.87. The lowest BCUT2D eigenvalue weighted by molar-refractivity contribution is 0.0505. The van der Waals surface area contributed by atoms with Crippen LogP contribution in [0.3, 0.4) is 0 Å². The molecule has 2 aliphatic rings. The van der Waals surface area contributed by atoms with E-state index in [9.17, 15) is 0 Å². The summed E-state index contributed by atoms with van der Waals surface area (Å²) < 4.78 is 5.82. The molecule has 0 aromatic heterocycles. The van der Waals surface area contributed by atoms with Gasteiger partial charge in [0.1, 0.15) is 0 Å². The van der Waals surface area contributed by atoms with Crippen molar-refractivity contribution in [2.45, 2.75) is 70.3 Å². The van der Waals surface area contributed by atoms with E-state index in [4.69, 9.17) is 10.5 Å². The highest BCUT2D eigenvalue weighted by atomic mass is 16.5. The Kier molecular flexibility index (Phi) is 6.97. The molecule has 0 bridgehead atoms. The number of hydrogen-bond acceptors (Lipinski definition) is 3. The monoisotopic (exact) mass is 296 g/mol. The molecule has 2 atom stereocenters. The topological polar surface area (TPSA) is 38.5 Å². The fourth-order valence-corrected chi connectivity index (χ4v) is 3.87. The van der Waals surface area contributed by atoms with Crippen molar-refractivity contribution in [1.82, 2.24) is 4.90 Å². The number of nitrogens with two attached hydrogens (primary N) is 1. The van der Waals surface area contributed by atoms with E-state index >= 15 is 0 Å². The van der Waals surface area contributed by atoms with Crippen molar-refractivity contribution in [2.24, 2.45) is 17.6 Å². The van der Waals surface area contributed by atoms with Crippen LogP contribution >= 0.6 is 0 Å². The van der Waals surface area contributed by atoms with E-state index in [0.717, 1.165) is 38.1 Å². The van der Waals surface area contributed by atoms with E-state index in [0.29, 0.717) is 0 Å². The van der Waals surface area contributed by atoms with E-state index in [1.54, 1.807) is 0 Å². The highest BCUT2D eigenvalue weighted by Gasteiger charge is 2.35. The molecule has 0 aromatic carbocycles. The molecule has 124 valence electrons. The predicted molar refractivity (Wildman–Crippen MR) is 89.4 cm³/mol. The van der Waals surface area contributed by atoms with Crippen molar-refractivity contribution in [3.05, 3.63) is 0 Å². The molecule has 21 heavy (non-hydrogen) atoms. The highest BCUT2D eigenvalue weighted by Crippen LogP contribution is 2.35. The van der Waals surface area contributed by atoms with Gasteiger partial charge in [-0.3, -0.25) is 4.90 Å². The smallest absolute Gasteiger partial charge is 0.0593 e. The average molecular weight is 296 g/mol. The average Bonchev–Trinajstić information content (AvgIpc) is 3.31. The van der Waals surface area contributed by atoms with Gasteiger partial charge in [0.15, 0.2) is 0 Å². The summed E-state index contributed by atoms with van der Waals surface area (Å²) in [5, 5.41) is 0. The van der Waals surface area contributed by atoms with E-state index < -0.39 is 0 Å². The molecule has 0 amide bonds. The van der Waals surface area contributed by atoms with Crippen molar-refractivity contribution < 1.29 is 4.74 Å². The molecule has 0 aromatic rings. The van der Waals surface area contributed by atoms with Gasteiger partial charge >= 0.3 is 0 Å². The van der Waals surface area contributed by atoms with Crippen LogP contribution in [0.4, 0.5) is 0 Å². The molecule has 2 rings (SSSR count). The van der Waals surface area contributed by atoms with Crippen LogP contribution in [0.15, 0.2) is 0 Å². The molecule has 2 fully saturated rings. The molecular weight excluding hydrogens is 260 g/mol. The van der Waals surface area contributed by atoms with Gasteiger partial charge in [0.2, 0.25) is 0 Å². The molecule has 2 aliphatic carbocycles. The lowest BCUT2D eigenvalue weighted by atomic mass is 9.87. The normalized spacial score (nSPS) is 30.6. The molecule has 2 saturated carbocycles. The maximum atomic E-state index is 6.21. The summed E-state index contributed by atoms with van der Waals surface area (Å²) in [5.74, 6) is 1.80. The first-order valence-electron chi connectivity index (χ1n) is 9.19. The summed E-state index contributed by atoms with van der Waals surface area (Å²) in [6, 6.07) is 0. The van der Waals surface area contributed by atoms with Gasteiger partial charge in [0.25, 0.3) is 0 Å². The van der Waals surface area contributed by atoms with Gasteiger partial charge in [-0.1, -0.05) is 32.6 Å². The van der Waals surface area contributed by atoms with E-state index in [2.05, 4.69) is 18.9 Å². The van der Waals surface area contributed by atoms with Gasteiger partial charge in [-0.2, -0.15) is 0 Å². The summed E-state index contributed by atoms with van der Waals surface area (Å²) >= 11 is 0. The van der Waals surface area contributed by atoms with Gasteiger partial charge in [0, 0.05) is 25.2 Å². The first-order valence-corrected chi connectivity index (χ1v) is 9.19. The Morgan fingerprint density at radius 3 is 2.62 bits per heavy atom. The Bertz CT molecular complexity index is 293. The third kappa shape index (κ3) is 5.22. The van der Waals surface area contributed by atoms with Crippen molar-refractivity contribution in [2.75, 3.05) is 33.4 Å². The number of nitrogens with zero attached hydrogens (tertiary/aromatic N) is 1. The largest absolute Gasteiger partial charge is 0.380 e. The predicted octanol–water partition coefficient (Wildman–Crippen LogP) is 3.42. The minimum Gasteiger partial charge on any atom is -0.380 e. The van der Waals surface area contributed by atoms with Crippen LogP contribution < -0.4 is 5.73 Å². The van der Waals surface area contributed by atoms with Gasteiger partial charge < -0.3 is 10.5 Å². The number of rotatable bonds is 9. The van der Waals surface area contributed by atoms with E-state index in [1.165, 1.54) is 57.8 Å². The zero-order valence-corrected chi connectivity index (χ0v) is 14.3. The van der Waals surface area contributed by atoms with Crippen LogP contribution in [-0.2, 0) is 4.74 Å². The van der Waals surface area contributed by atoms with Gasteiger partial charge in [-0.25, -0.2) is 0 Å². The van der Waals surface area contributed by atoms with Crippen molar-refractivity contribution >= 4 is 0 Å². The summed E-state index contributed by atoms with van der Waals surface area (Å²) in [4.78, 5) is 2.51. The minimum absolute atomic E-state index is 0.228. The SMILES string of the molecule is CCCC1CCCC(CN)(N(C)CCOCC2CC2)CC1. The number of likely N-dealkylation sites (N-methyl/N-ethyl adjacent to an activating group) is 1. The maximum Gasteiger partial charge on any atom is 0.0593 e. The van der Waals surface area contributed by atoms with Crippen molar-refractivity contribution in [1.29, 1.82) is 0 Å². The highest BCUT2D eigenvalue weighted by molar-refractivity contribution is 4.93. The van der Waals surface area contributed by atoms with Gasteiger partial charge in [-0.05, 0) is 51.0 Å². The third-order valence-electron chi connectivity index (χ3n) is 5.78. The molecule has 3 heteroatoms. The van der Waals surface area contributed by atoms with Crippen molar-refractivity contribution in [3.63, 3.8) is 0 Å². The molecule has 2 N–H and O–H groups in total. The van der Waals surface area contributed by atoms with Crippen LogP contribution in [0.25, 0.3) is 0 Å². The standard InChI is InChI=1S/C18H36N2O/c1-3-5-16-6-4-10-18(15-19,11-9-16)20(2)12-13-21-14-17-7-8-17/h16-17H,3-15,19H2,1-2H3. The van der Waals surface area contributed by atoms with E-state index in [-0.39, 0.29) is 5.54 Å². The van der Waals surface area contributed by atoms with Crippen LogP contribution in [0.1, 0.15) is 64.7 Å². The Morgan fingerprint density at radius 1 is 1.14 bits per heavy atom. The van der Waals surface area contributed by atoms with Gasteiger partial charge in [0.05, 0.1) is 6.61 Å². The first-order chi connectivity index (χ1) is 10.2. The molecular formula is C18H36N2O. The zero-order chi connectivity index (χ0) is 15.1. The molecule has 0 spiro atoms. The molecule has 0 radical (unpaired) electrons. The Morgan fingerprint density at radius 2 is 1.95 bits per heavy atom. The summed E-state index contributed by atoms with van der Waals surface area (Å²) in [6.07, 6.45) is 12.1. The second kappa shape index (κ2) is 8.50. The lowest BCUT2D eigenvalue weighted by Crippen LogP contribution is -2.52. The van der Waals surface area contributed by atoms with Crippen molar-refractivity contribution in [3.8, 4) is 0 Å². The molecule has 0 aliphatic heterocycles. The van der Waals surface area contributed by atoms with Crippen LogP contribution in [0.5, 0.6) is 0 Å². The zero-order valence-electron chi connectivity index (χ0n) is 14.3. The number of hydrogen-bond donors (Lipinski definition) is 1. The Hall–Kier alpha value is -0.120. The van der Waals surface area contributed by atoms with Crippen LogP contribution in [0.2, 0.25) is 0 Å². The minimum atomic E-state index is 0.228. The molecule has 0 heterocycles. The maximum absolute atomic E-state index is 6.21. The summed E-state index contributed by atoms with van der Waals surface area (Å²) in [6.45, 7) is 5.98. The second-order valence-electron chi connectivity index (χ2n) is 7.45. The quantitative estimate of drug-likeness (QED) is 0.523. The lowest BCUT2D eigenvalue weighted by Gasteiger charge is -2.41. The van der Waals surface area contributed by atoms with Crippen LogP contribution in [0, 0.1) is 11.8 Å². The number of ether oxygens (including phenoxy) is 1.